The Morgan fingerprint density at radius 1 is 1.30 bits per heavy atom. The number of imide groups is 1. The molecule has 27 heavy (non-hydrogen) atoms. The van der Waals surface area contributed by atoms with E-state index in [1.54, 1.807) is 0 Å². The van der Waals surface area contributed by atoms with Gasteiger partial charge in [0, 0.05) is 17.2 Å². The Morgan fingerprint density at radius 2 is 2.07 bits per heavy atom. The van der Waals surface area contributed by atoms with Gasteiger partial charge in [-0.05, 0) is 18.9 Å². The second-order valence-corrected chi connectivity index (χ2v) is 6.32. The molecule has 9 nitrogen and oxygen atoms in total. The Morgan fingerprint density at radius 3 is 2.70 bits per heavy atom. The van der Waals surface area contributed by atoms with Crippen molar-refractivity contribution < 1.29 is 22.8 Å². The largest absolute Gasteiger partial charge is 0.405 e. The third kappa shape index (κ3) is 3.83. The number of anilines is 2. The van der Waals surface area contributed by atoms with E-state index in [9.17, 15) is 22.8 Å². The van der Waals surface area contributed by atoms with E-state index in [2.05, 4.69) is 31.0 Å². The Balaban J connectivity index is 1.73. The first-order valence-electron chi connectivity index (χ1n) is 8.16. The highest BCUT2D eigenvalue weighted by Crippen LogP contribution is 2.26. The van der Waals surface area contributed by atoms with Crippen LogP contribution in [0.4, 0.5) is 25.1 Å². The molecule has 2 amide bonds. The fourth-order valence-electron chi connectivity index (χ4n) is 2.57. The number of nitrogens with zero attached hydrogens (tertiary/aromatic N) is 4. The van der Waals surface area contributed by atoms with Gasteiger partial charge >= 0.3 is 6.18 Å². The summed E-state index contributed by atoms with van der Waals surface area (Å²) in [5, 5.41) is 11.6. The lowest BCUT2D eigenvalue weighted by Gasteiger charge is -2.11. The van der Waals surface area contributed by atoms with Gasteiger partial charge in [-0.3, -0.25) is 14.9 Å². The van der Waals surface area contributed by atoms with Crippen LogP contribution in [0, 0.1) is 0 Å². The van der Waals surface area contributed by atoms with Crippen molar-refractivity contribution in [3.8, 4) is 0 Å². The lowest BCUT2D eigenvalue weighted by Crippen LogP contribution is -2.23. The van der Waals surface area contributed by atoms with Crippen molar-refractivity contribution in [2.45, 2.75) is 31.5 Å². The van der Waals surface area contributed by atoms with Crippen LogP contribution < -0.4 is 16.0 Å². The highest BCUT2D eigenvalue weighted by atomic mass is 19.4. The van der Waals surface area contributed by atoms with Crippen molar-refractivity contribution in [1.29, 1.82) is 0 Å². The maximum absolute atomic E-state index is 12.5. The van der Waals surface area contributed by atoms with Crippen molar-refractivity contribution >= 4 is 35.4 Å². The van der Waals surface area contributed by atoms with E-state index < -0.39 is 24.5 Å². The van der Waals surface area contributed by atoms with Crippen LogP contribution >= 0.6 is 0 Å². The lowest BCUT2D eigenvalue weighted by molar-refractivity contribution is -0.124. The van der Waals surface area contributed by atoms with Crippen molar-refractivity contribution in [3.05, 3.63) is 17.3 Å². The van der Waals surface area contributed by atoms with Crippen LogP contribution in [-0.4, -0.2) is 50.2 Å². The average Bonchev–Trinajstić information content (AvgIpc) is 3.21. The molecule has 1 aliphatic carbocycles. The summed E-state index contributed by atoms with van der Waals surface area (Å²) in [4.78, 5) is 31.2. The molecule has 0 unspecified atom stereocenters. The standard InChI is InChI=1S/C15H14F3N7O2/c16-15(17,18)6-19-13-23-11-8(3-7-4-10(26)22-12(7)27)5-20-25(11)14(24-13)21-9-1-2-9/h3,5,9H,1-2,4,6H2,(H,22,26,27)(H2,19,21,23,24)/b7-3+. The number of hydrogen-bond acceptors (Lipinski definition) is 7. The van der Waals surface area contributed by atoms with Gasteiger partial charge in [0.25, 0.3) is 5.91 Å². The summed E-state index contributed by atoms with van der Waals surface area (Å²) in [7, 11) is 0. The Kier molecular flexibility index (Phi) is 3.97. The monoisotopic (exact) mass is 381 g/mol. The Hall–Kier alpha value is -3.18. The zero-order valence-electron chi connectivity index (χ0n) is 13.8. The third-order valence-electron chi connectivity index (χ3n) is 3.98. The quantitative estimate of drug-likeness (QED) is 0.525. The molecule has 0 atom stereocenters. The number of aromatic nitrogens is 4. The average molecular weight is 381 g/mol. The van der Waals surface area contributed by atoms with Crippen LogP contribution in [0.5, 0.6) is 0 Å². The lowest BCUT2D eigenvalue weighted by atomic mass is 10.1. The fraction of sp³-hybridized carbons (Fsp3) is 0.400. The first kappa shape index (κ1) is 17.2. The molecule has 1 saturated carbocycles. The van der Waals surface area contributed by atoms with E-state index in [1.807, 2.05) is 0 Å². The third-order valence-corrected chi connectivity index (χ3v) is 3.98. The van der Waals surface area contributed by atoms with Crippen LogP contribution in [-0.2, 0) is 9.59 Å². The number of amides is 2. The molecule has 2 aromatic rings. The summed E-state index contributed by atoms with van der Waals surface area (Å²) in [6.45, 7) is -1.28. The first-order valence-corrected chi connectivity index (χ1v) is 8.16. The zero-order valence-corrected chi connectivity index (χ0v) is 13.8. The summed E-state index contributed by atoms with van der Waals surface area (Å²) < 4.78 is 38.9. The van der Waals surface area contributed by atoms with Crippen molar-refractivity contribution in [2.24, 2.45) is 0 Å². The van der Waals surface area contributed by atoms with Crippen molar-refractivity contribution in [1.82, 2.24) is 24.9 Å². The number of rotatable bonds is 5. The van der Waals surface area contributed by atoms with Gasteiger partial charge in [0.05, 0.1) is 12.6 Å². The maximum atomic E-state index is 12.5. The van der Waals surface area contributed by atoms with E-state index in [4.69, 9.17) is 0 Å². The minimum absolute atomic E-state index is 0.0758. The highest BCUT2D eigenvalue weighted by molar-refractivity contribution is 6.15. The number of carbonyl (C=O) groups is 2. The van der Waals surface area contributed by atoms with Gasteiger partial charge in [0.1, 0.15) is 6.54 Å². The van der Waals surface area contributed by atoms with Gasteiger partial charge in [-0.2, -0.15) is 32.8 Å². The number of halogens is 3. The summed E-state index contributed by atoms with van der Waals surface area (Å²) in [6, 6.07) is 0.183. The molecule has 3 heterocycles. The predicted octanol–water partition coefficient (Wildman–Crippen LogP) is 1.10. The molecule has 3 N–H and O–H groups in total. The molecular weight excluding hydrogens is 367 g/mol. The fourth-order valence-corrected chi connectivity index (χ4v) is 2.57. The number of nitrogens with one attached hydrogen (secondary N) is 3. The van der Waals surface area contributed by atoms with Gasteiger partial charge in [-0.15, -0.1) is 0 Å². The molecule has 2 aliphatic rings. The second kappa shape index (κ2) is 6.21. The molecule has 142 valence electrons. The molecular formula is C15H14F3N7O2. The number of hydrogen-bond donors (Lipinski definition) is 3. The van der Waals surface area contributed by atoms with Gasteiger partial charge in [-0.25, -0.2) is 0 Å². The number of carbonyl (C=O) groups excluding carboxylic acids is 2. The highest BCUT2D eigenvalue weighted by Gasteiger charge is 2.29. The second-order valence-electron chi connectivity index (χ2n) is 6.32. The molecule has 0 bridgehead atoms. The molecule has 0 spiro atoms. The molecule has 1 aliphatic heterocycles. The normalized spacial score (nSPS) is 19.0. The maximum Gasteiger partial charge on any atom is 0.405 e. The van der Waals surface area contributed by atoms with Crippen LogP contribution in [0.25, 0.3) is 11.7 Å². The summed E-state index contributed by atoms with van der Waals surface area (Å²) >= 11 is 0. The van der Waals surface area contributed by atoms with Gasteiger partial charge in [0.2, 0.25) is 17.8 Å². The van der Waals surface area contributed by atoms with Gasteiger partial charge < -0.3 is 10.6 Å². The Bertz CT molecular complexity index is 962. The van der Waals surface area contributed by atoms with Crippen LogP contribution in [0.15, 0.2) is 11.8 Å². The van der Waals surface area contributed by atoms with Gasteiger partial charge in [-0.1, -0.05) is 0 Å². The van der Waals surface area contributed by atoms with E-state index in [-0.39, 0.29) is 35.6 Å². The van der Waals surface area contributed by atoms with Crippen LogP contribution in [0.3, 0.4) is 0 Å². The minimum Gasteiger partial charge on any atom is -0.351 e. The Labute approximate surface area is 150 Å². The van der Waals surface area contributed by atoms with E-state index >= 15 is 0 Å². The molecule has 0 aromatic carbocycles. The van der Waals surface area contributed by atoms with E-state index in [1.165, 1.54) is 16.8 Å². The molecule has 0 radical (unpaired) electrons. The minimum atomic E-state index is -4.42. The summed E-state index contributed by atoms with van der Waals surface area (Å²) in [6.07, 6.45) is 0.220. The molecule has 4 rings (SSSR count). The van der Waals surface area contributed by atoms with E-state index in [0.717, 1.165) is 12.8 Å². The van der Waals surface area contributed by atoms with Crippen LogP contribution in [0.1, 0.15) is 24.8 Å². The molecule has 1 saturated heterocycles. The molecule has 12 heteroatoms. The topological polar surface area (TPSA) is 113 Å². The first-order chi connectivity index (χ1) is 12.8. The predicted molar refractivity (Wildman–Crippen MR) is 87.7 cm³/mol. The van der Waals surface area contributed by atoms with E-state index in [0.29, 0.717) is 5.56 Å². The number of fused-ring (bicyclic) bond motifs is 1. The van der Waals surface area contributed by atoms with Crippen molar-refractivity contribution in [3.63, 3.8) is 0 Å². The van der Waals surface area contributed by atoms with Crippen molar-refractivity contribution in [2.75, 3.05) is 17.2 Å². The van der Waals surface area contributed by atoms with Crippen LogP contribution in [0.2, 0.25) is 0 Å². The molecule has 2 aromatic heterocycles. The summed E-state index contributed by atoms with van der Waals surface area (Å²) in [5.74, 6) is -0.889. The molecule has 2 fully saturated rings. The zero-order chi connectivity index (χ0) is 19.2. The smallest absolute Gasteiger partial charge is 0.351 e. The summed E-state index contributed by atoms with van der Waals surface area (Å²) in [5.41, 5.74) is 0.846. The SMILES string of the molecule is O=C1C/C(=C\c2cnn3c(NC4CC4)nc(NCC(F)(F)F)nc23)C(=O)N1. The van der Waals surface area contributed by atoms with Gasteiger partial charge in [0.15, 0.2) is 5.65 Å². The number of alkyl halides is 3.